The lowest BCUT2D eigenvalue weighted by Crippen LogP contribution is -2.36. The first kappa shape index (κ1) is 20.3. The molecule has 2 aromatic rings. The van der Waals surface area contributed by atoms with E-state index in [1.807, 2.05) is 6.07 Å². The molecule has 4 N–H and O–H groups in total. The maximum atomic E-state index is 12.3. The number of hydrogen-bond acceptors (Lipinski definition) is 8. The molecule has 0 amide bonds. The Bertz CT molecular complexity index is 922. The summed E-state index contributed by atoms with van der Waals surface area (Å²) in [5.41, 5.74) is 6.23. The van der Waals surface area contributed by atoms with Gasteiger partial charge in [0.1, 0.15) is 24.1 Å². The molecule has 2 heterocycles. The Labute approximate surface area is 163 Å². The van der Waals surface area contributed by atoms with E-state index in [2.05, 4.69) is 4.98 Å². The number of benzene rings is 1. The van der Waals surface area contributed by atoms with Gasteiger partial charge in [0.2, 0.25) is 0 Å². The number of anilines is 1. The molecule has 1 saturated heterocycles. The number of nitrogen functional groups attached to an aromatic ring is 1. The molecule has 3 rings (SSSR count). The summed E-state index contributed by atoms with van der Waals surface area (Å²) in [5, 5.41) is 20.4. The van der Waals surface area contributed by atoms with Crippen LogP contribution in [0.5, 0.6) is 0 Å². The molecule has 0 bridgehead atoms. The summed E-state index contributed by atoms with van der Waals surface area (Å²) in [7, 11) is 0. The average Bonchev–Trinajstić information content (AvgIpc) is 2.88. The summed E-state index contributed by atoms with van der Waals surface area (Å²) < 4.78 is 22.5. The number of hydrogen-bond donors (Lipinski definition) is 3. The Hall–Kier alpha value is -1.45. The quantitative estimate of drug-likeness (QED) is 0.603. The van der Waals surface area contributed by atoms with Crippen molar-refractivity contribution in [2.45, 2.75) is 24.5 Å². The molecule has 1 aliphatic heterocycles. The van der Waals surface area contributed by atoms with E-state index in [0.29, 0.717) is 11.1 Å². The molecule has 1 aliphatic rings. The van der Waals surface area contributed by atoms with Gasteiger partial charge in [-0.3, -0.25) is 9.13 Å². The van der Waals surface area contributed by atoms with Crippen LogP contribution in [0.4, 0.5) is 5.82 Å². The number of halogens is 2. The van der Waals surface area contributed by atoms with E-state index in [1.54, 1.807) is 24.3 Å². The molecular formula is C15H16Cl2N3O6P. The first-order valence-corrected chi connectivity index (χ1v) is 11.2. The van der Waals surface area contributed by atoms with Crippen molar-refractivity contribution in [3.63, 3.8) is 0 Å². The van der Waals surface area contributed by atoms with Gasteiger partial charge in [-0.1, -0.05) is 30.3 Å². The monoisotopic (exact) mass is 435 g/mol. The van der Waals surface area contributed by atoms with Crippen LogP contribution >= 0.6 is 28.6 Å². The molecule has 0 saturated carbocycles. The van der Waals surface area contributed by atoms with Crippen LogP contribution in [0, 0.1) is 0 Å². The molecule has 12 heteroatoms. The molecule has 1 fully saturated rings. The second kappa shape index (κ2) is 7.89. The smallest absolute Gasteiger partial charge is 0.380 e. The van der Waals surface area contributed by atoms with Crippen LogP contribution in [-0.4, -0.2) is 44.7 Å². The molecular weight excluding hydrogens is 420 g/mol. The minimum atomic E-state index is -3.85. The van der Waals surface area contributed by atoms with Crippen LogP contribution in [0.3, 0.4) is 0 Å². The number of nitrogens with zero attached hydrogens (tertiary/aromatic N) is 2. The van der Waals surface area contributed by atoms with Crippen LogP contribution < -0.4 is 11.4 Å². The largest absolute Gasteiger partial charge is 0.387 e. The fourth-order valence-corrected chi connectivity index (χ4v) is 3.42. The van der Waals surface area contributed by atoms with Crippen LogP contribution in [-0.2, 0) is 13.8 Å². The van der Waals surface area contributed by atoms with Gasteiger partial charge in [-0.15, -0.1) is 0 Å². The van der Waals surface area contributed by atoms with Crippen molar-refractivity contribution in [1.29, 1.82) is 0 Å². The number of nitrogens with two attached hydrogens (primary N) is 1. The van der Waals surface area contributed by atoms with Crippen LogP contribution in [0.2, 0.25) is 0 Å². The summed E-state index contributed by atoms with van der Waals surface area (Å²) in [4.78, 5) is 16.0. The van der Waals surface area contributed by atoms with E-state index in [9.17, 15) is 19.6 Å². The molecule has 0 radical (unpaired) electrons. The highest BCUT2D eigenvalue weighted by Crippen LogP contribution is 2.57. The highest BCUT2D eigenvalue weighted by Gasteiger charge is 2.45. The Morgan fingerprint density at radius 2 is 1.93 bits per heavy atom. The SMILES string of the molecule is Nc1nc(=O)n([C@@H]2O[C@H](COP(=O)(Cl)Cl)C(O)[C@@H]2O)cc1-c1ccccc1. The standard InChI is InChI=1S/C15H16Cl2N3O6P/c16-27(17,24)25-7-10-11(21)12(22)14(26-10)20-6-9(13(18)19-15(20)23)8-4-2-1-3-5-8/h1-6,10-12,14,21-22H,7H2,(H2,18,19,23)/t10-,11?,12+,14-/m1/s1. The maximum Gasteiger partial charge on any atom is 0.380 e. The van der Waals surface area contributed by atoms with Gasteiger partial charge in [0.15, 0.2) is 6.23 Å². The third-order valence-electron chi connectivity index (χ3n) is 4.07. The van der Waals surface area contributed by atoms with E-state index >= 15 is 0 Å². The van der Waals surface area contributed by atoms with Gasteiger partial charge >= 0.3 is 11.8 Å². The summed E-state index contributed by atoms with van der Waals surface area (Å²) in [6.07, 6.45) is -7.74. The summed E-state index contributed by atoms with van der Waals surface area (Å²) in [5.74, 6) is 0.0144. The Morgan fingerprint density at radius 1 is 1.26 bits per heavy atom. The van der Waals surface area contributed by atoms with Crippen molar-refractivity contribution in [1.82, 2.24) is 9.55 Å². The zero-order chi connectivity index (χ0) is 19.8. The molecule has 0 aliphatic carbocycles. The lowest BCUT2D eigenvalue weighted by molar-refractivity contribution is -0.0505. The molecule has 9 nitrogen and oxygen atoms in total. The van der Waals surface area contributed by atoms with E-state index in [-0.39, 0.29) is 5.82 Å². The van der Waals surface area contributed by atoms with Crippen molar-refractivity contribution in [3.8, 4) is 11.1 Å². The lowest BCUT2D eigenvalue weighted by atomic mass is 10.1. The van der Waals surface area contributed by atoms with E-state index in [0.717, 1.165) is 4.57 Å². The van der Waals surface area contributed by atoms with Crippen molar-refractivity contribution in [3.05, 3.63) is 47.0 Å². The molecule has 146 valence electrons. The lowest BCUT2D eigenvalue weighted by Gasteiger charge is -2.19. The first-order chi connectivity index (χ1) is 12.7. The van der Waals surface area contributed by atoms with E-state index in [1.165, 1.54) is 6.20 Å². The number of ether oxygens (including phenoxy) is 1. The van der Waals surface area contributed by atoms with Gasteiger partial charge in [-0.25, -0.2) is 4.79 Å². The van der Waals surface area contributed by atoms with Crippen molar-refractivity contribution in [2.75, 3.05) is 12.3 Å². The van der Waals surface area contributed by atoms with Crippen molar-refractivity contribution < 1.29 is 24.0 Å². The second-order valence-electron chi connectivity index (χ2n) is 5.85. The zero-order valence-electron chi connectivity index (χ0n) is 13.7. The number of rotatable bonds is 5. The van der Waals surface area contributed by atoms with Crippen molar-refractivity contribution >= 4 is 34.4 Å². The summed E-state index contributed by atoms with van der Waals surface area (Å²) in [6, 6.07) is 8.95. The van der Waals surface area contributed by atoms with Gasteiger partial charge in [0, 0.05) is 11.8 Å². The van der Waals surface area contributed by atoms with Gasteiger partial charge in [0.25, 0.3) is 0 Å². The van der Waals surface area contributed by atoms with Gasteiger partial charge < -0.3 is 25.2 Å². The first-order valence-electron chi connectivity index (χ1n) is 7.77. The Balaban J connectivity index is 1.92. The van der Waals surface area contributed by atoms with Crippen molar-refractivity contribution in [2.24, 2.45) is 0 Å². The molecule has 1 aromatic carbocycles. The second-order valence-corrected chi connectivity index (χ2v) is 10.1. The van der Waals surface area contributed by atoms with Gasteiger partial charge in [-0.2, -0.15) is 4.98 Å². The van der Waals surface area contributed by atoms with Crippen LogP contribution in [0.1, 0.15) is 6.23 Å². The third kappa shape index (κ3) is 4.52. The third-order valence-corrected chi connectivity index (χ3v) is 5.10. The summed E-state index contributed by atoms with van der Waals surface area (Å²) >= 11 is 10.6. The molecule has 1 aromatic heterocycles. The minimum Gasteiger partial charge on any atom is -0.387 e. The maximum absolute atomic E-state index is 12.3. The predicted molar refractivity (Wildman–Crippen MR) is 99.5 cm³/mol. The summed E-state index contributed by atoms with van der Waals surface area (Å²) in [6.45, 7) is -0.443. The zero-order valence-corrected chi connectivity index (χ0v) is 16.1. The normalized spacial score (nSPS) is 25.6. The van der Waals surface area contributed by atoms with Crippen LogP contribution in [0.25, 0.3) is 11.1 Å². The highest BCUT2D eigenvalue weighted by molar-refractivity contribution is 8.05. The number of aliphatic hydroxyl groups excluding tert-OH is 2. The highest BCUT2D eigenvalue weighted by atomic mass is 35.9. The van der Waals surface area contributed by atoms with Gasteiger partial charge in [0.05, 0.1) is 6.61 Å². The Kier molecular flexibility index (Phi) is 5.93. The number of aromatic nitrogens is 2. The van der Waals surface area contributed by atoms with Gasteiger partial charge in [-0.05, 0) is 28.0 Å². The predicted octanol–water partition coefficient (Wildman–Crippen LogP) is 1.71. The minimum absolute atomic E-state index is 0.0144. The number of aliphatic hydroxyl groups is 2. The fraction of sp³-hybridized carbons (Fsp3) is 0.333. The van der Waals surface area contributed by atoms with E-state index in [4.69, 9.17) is 37.5 Å². The topological polar surface area (TPSA) is 137 Å². The fourth-order valence-electron chi connectivity index (χ4n) is 2.76. The molecule has 4 atom stereocenters. The van der Waals surface area contributed by atoms with Crippen LogP contribution in [0.15, 0.2) is 41.3 Å². The molecule has 0 spiro atoms. The average molecular weight is 436 g/mol. The molecule has 1 unspecified atom stereocenters. The molecule has 27 heavy (non-hydrogen) atoms. The Morgan fingerprint density at radius 3 is 2.56 bits per heavy atom. The van der Waals surface area contributed by atoms with E-state index < -0.39 is 42.9 Å².